The van der Waals surface area contributed by atoms with Gasteiger partial charge < -0.3 is 24.1 Å². The maximum absolute atomic E-state index is 13.4. The van der Waals surface area contributed by atoms with Crippen LogP contribution in [-0.4, -0.2) is 78.9 Å². The molecule has 15 nitrogen and oxygen atoms in total. The van der Waals surface area contributed by atoms with Crippen LogP contribution >= 0.6 is 0 Å². The van der Waals surface area contributed by atoms with Crippen LogP contribution in [0.4, 0.5) is 10.6 Å². The van der Waals surface area contributed by atoms with Crippen molar-refractivity contribution in [3.8, 4) is 28.1 Å². The largest absolute Gasteiger partial charge is 0.494 e. The molecule has 2 amide bonds. The Morgan fingerprint density at radius 3 is 2.26 bits per heavy atom. The van der Waals surface area contributed by atoms with Gasteiger partial charge in [-0.3, -0.25) is 19.7 Å². The van der Waals surface area contributed by atoms with Gasteiger partial charge in [-0.15, -0.1) is 0 Å². The first kappa shape index (κ1) is 38.9. The van der Waals surface area contributed by atoms with Gasteiger partial charge in [-0.25, -0.2) is 28.6 Å². The normalized spacial score (nSPS) is 14.7. The molecule has 0 bridgehead atoms. The van der Waals surface area contributed by atoms with E-state index in [2.05, 4.69) is 25.5 Å². The number of sulfonamides is 1. The lowest BCUT2D eigenvalue weighted by Gasteiger charge is -2.22. The van der Waals surface area contributed by atoms with Gasteiger partial charge in [0, 0.05) is 36.4 Å². The number of carboxylic acids is 1. The summed E-state index contributed by atoms with van der Waals surface area (Å²) in [5.74, 6) is -2.86. The molecule has 1 atom stereocenters. The van der Waals surface area contributed by atoms with Gasteiger partial charge in [0.2, 0.25) is 10.0 Å². The van der Waals surface area contributed by atoms with Crippen LogP contribution in [-0.2, 0) is 29.0 Å². The number of carbonyl (C=O) groups excluding carboxylic acids is 2. The molecule has 53 heavy (non-hydrogen) atoms. The quantitative estimate of drug-likeness (QED) is 0.0911. The second-order valence-electron chi connectivity index (χ2n) is 13.3. The number of aliphatic carboxylic acids is 1. The van der Waals surface area contributed by atoms with Crippen LogP contribution in [0.2, 0.25) is 0 Å². The van der Waals surface area contributed by atoms with Gasteiger partial charge in [0.15, 0.2) is 12.0 Å². The summed E-state index contributed by atoms with van der Waals surface area (Å²) in [4.78, 5) is 45.3. The first-order valence-electron chi connectivity index (χ1n) is 17.1. The Kier molecular flexibility index (Phi) is 12.8. The number of carboxylic acid groups (broad SMARTS) is 1. The van der Waals surface area contributed by atoms with Crippen LogP contribution in [0.25, 0.3) is 33.3 Å². The maximum Gasteiger partial charge on any atom is 0.426 e. The molecule has 0 spiro atoms. The van der Waals surface area contributed by atoms with Gasteiger partial charge in [0.05, 0.1) is 23.4 Å². The number of fused-ring (bicyclic) bond motifs is 1. The highest BCUT2D eigenvalue weighted by molar-refractivity contribution is 7.93. The summed E-state index contributed by atoms with van der Waals surface area (Å²) in [7, 11) is -4.27. The van der Waals surface area contributed by atoms with E-state index in [0.717, 1.165) is 55.6 Å². The van der Waals surface area contributed by atoms with Gasteiger partial charge in [0.25, 0.3) is 5.91 Å². The van der Waals surface area contributed by atoms with E-state index >= 15 is 0 Å². The number of pyridine rings is 2. The molecule has 1 unspecified atom stereocenters. The van der Waals surface area contributed by atoms with Crippen LogP contribution in [0.1, 0.15) is 63.2 Å². The number of amides is 2. The zero-order chi connectivity index (χ0) is 38.0. The Labute approximate surface area is 307 Å². The van der Waals surface area contributed by atoms with Crippen LogP contribution in [0, 0.1) is 0 Å². The SMILES string of the molecule is CC(C)(C)OC(=O)NNC(=O)c1cc(-c2ccc(-c3ccc(OCCCCOC4CCCCO4)cc3)cc2)nc2cc(NS(=O)(=O)CC(=O)O)ncc12. The minimum absolute atomic E-state index is 0.0685. The fourth-order valence-electron chi connectivity index (χ4n) is 5.38. The Hall–Kier alpha value is -5.32. The van der Waals surface area contributed by atoms with Crippen LogP contribution in [0.3, 0.4) is 0 Å². The van der Waals surface area contributed by atoms with Crippen molar-refractivity contribution >= 4 is 44.7 Å². The van der Waals surface area contributed by atoms with E-state index in [1.165, 1.54) is 18.3 Å². The molecule has 1 aliphatic heterocycles. The average Bonchev–Trinajstić information content (AvgIpc) is 3.11. The molecular formula is C37H43N5O10S. The van der Waals surface area contributed by atoms with Crippen molar-refractivity contribution in [3.05, 3.63) is 72.4 Å². The molecule has 4 N–H and O–H groups in total. The molecule has 1 fully saturated rings. The molecular weight excluding hydrogens is 706 g/mol. The van der Waals surface area contributed by atoms with E-state index in [1.807, 2.05) is 48.5 Å². The monoisotopic (exact) mass is 749 g/mol. The summed E-state index contributed by atoms with van der Waals surface area (Å²) in [5, 5.41) is 9.19. The van der Waals surface area contributed by atoms with Crippen molar-refractivity contribution in [2.75, 3.05) is 30.3 Å². The van der Waals surface area contributed by atoms with E-state index in [-0.39, 0.29) is 28.6 Å². The Morgan fingerprint density at radius 2 is 1.60 bits per heavy atom. The lowest BCUT2D eigenvalue weighted by Crippen LogP contribution is -2.44. The molecule has 5 rings (SSSR count). The molecule has 2 aromatic heterocycles. The number of unbranched alkanes of at least 4 members (excludes halogenated alkanes) is 1. The second kappa shape index (κ2) is 17.5. The number of nitrogens with one attached hydrogen (secondary N) is 3. The van der Waals surface area contributed by atoms with Crippen molar-refractivity contribution in [1.82, 2.24) is 20.8 Å². The number of ether oxygens (including phenoxy) is 4. The average molecular weight is 750 g/mol. The fraction of sp³-hybridized carbons (Fsp3) is 0.378. The number of hydrogen-bond acceptors (Lipinski definition) is 11. The zero-order valence-corrected chi connectivity index (χ0v) is 30.5. The molecule has 0 aliphatic carbocycles. The Morgan fingerprint density at radius 1 is 0.925 bits per heavy atom. The number of benzene rings is 2. The summed E-state index contributed by atoms with van der Waals surface area (Å²) < 4.78 is 49.1. The first-order chi connectivity index (χ1) is 25.2. The van der Waals surface area contributed by atoms with Crippen molar-refractivity contribution in [1.29, 1.82) is 0 Å². The topological polar surface area (TPSA) is 204 Å². The maximum atomic E-state index is 13.4. The zero-order valence-electron chi connectivity index (χ0n) is 29.7. The van der Waals surface area contributed by atoms with E-state index < -0.39 is 39.3 Å². The Bertz CT molecular complexity index is 2010. The minimum atomic E-state index is -4.27. The van der Waals surface area contributed by atoms with Gasteiger partial charge in [-0.1, -0.05) is 36.4 Å². The number of anilines is 1. The van der Waals surface area contributed by atoms with Crippen molar-refractivity contribution in [3.63, 3.8) is 0 Å². The predicted octanol–water partition coefficient (Wildman–Crippen LogP) is 5.66. The fourth-order valence-corrected chi connectivity index (χ4v) is 6.21. The molecule has 0 saturated carbocycles. The Balaban J connectivity index is 1.29. The number of hydrazine groups is 1. The summed E-state index contributed by atoms with van der Waals surface area (Å²) in [6.45, 7) is 7.01. The number of carbonyl (C=O) groups is 3. The molecule has 1 aliphatic rings. The van der Waals surface area contributed by atoms with Gasteiger partial charge in [-0.05, 0) is 82.2 Å². The third-order valence-corrected chi connectivity index (χ3v) is 8.95. The van der Waals surface area contributed by atoms with Crippen LogP contribution < -0.4 is 20.3 Å². The molecule has 2 aromatic carbocycles. The highest BCUT2D eigenvalue weighted by atomic mass is 32.2. The first-order valence-corrected chi connectivity index (χ1v) is 18.8. The summed E-state index contributed by atoms with van der Waals surface area (Å²) in [5.41, 5.74) is 6.84. The predicted molar refractivity (Wildman–Crippen MR) is 197 cm³/mol. The third-order valence-electron chi connectivity index (χ3n) is 7.81. The van der Waals surface area contributed by atoms with E-state index in [9.17, 15) is 22.8 Å². The molecule has 3 heterocycles. The number of aromatic nitrogens is 2. The lowest BCUT2D eigenvalue weighted by molar-refractivity contribution is -0.162. The summed E-state index contributed by atoms with van der Waals surface area (Å²) in [6, 6.07) is 18.0. The van der Waals surface area contributed by atoms with Crippen molar-refractivity contribution in [2.45, 2.75) is 64.8 Å². The molecule has 282 valence electrons. The van der Waals surface area contributed by atoms with Crippen molar-refractivity contribution < 1.29 is 46.9 Å². The molecule has 1 saturated heterocycles. The minimum Gasteiger partial charge on any atom is -0.494 e. The van der Waals surface area contributed by atoms with E-state index in [4.69, 9.17) is 24.1 Å². The molecule has 16 heteroatoms. The molecule has 0 radical (unpaired) electrons. The summed E-state index contributed by atoms with van der Waals surface area (Å²) >= 11 is 0. The van der Waals surface area contributed by atoms with Crippen LogP contribution in [0.15, 0.2) is 66.9 Å². The number of nitrogens with zero attached hydrogens (tertiary/aromatic N) is 2. The molecule has 4 aromatic rings. The third kappa shape index (κ3) is 11.8. The van der Waals surface area contributed by atoms with E-state index in [0.29, 0.717) is 24.5 Å². The highest BCUT2D eigenvalue weighted by Gasteiger charge is 2.21. The number of rotatable bonds is 14. The second-order valence-corrected chi connectivity index (χ2v) is 15.0. The van der Waals surface area contributed by atoms with Gasteiger partial charge in [0.1, 0.15) is 17.2 Å². The van der Waals surface area contributed by atoms with Gasteiger partial charge in [-0.2, -0.15) is 0 Å². The highest BCUT2D eigenvalue weighted by Crippen LogP contribution is 2.29. The smallest absolute Gasteiger partial charge is 0.426 e. The van der Waals surface area contributed by atoms with E-state index in [1.54, 1.807) is 20.8 Å². The van der Waals surface area contributed by atoms with Crippen LogP contribution in [0.5, 0.6) is 5.75 Å². The standard InChI is InChI=1S/C37H43N5O10S/c1-37(2,3)52-36(46)41-40-35(45)28-20-30(39-31-21-32(38-22-29(28)31)42-53(47,48)23-33(43)44)26-11-9-24(10-12-26)25-13-15-27(16-14-25)49-17-6-7-19-51-34-8-4-5-18-50-34/h9-16,20-22,34H,4-8,17-19,23H2,1-3H3,(H,38,42)(H,40,45)(H,41,46)(H,43,44). The van der Waals surface area contributed by atoms with Gasteiger partial charge >= 0.3 is 12.1 Å². The number of hydrogen-bond donors (Lipinski definition) is 4. The van der Waals surface area contributed by atoms with Crippen molar-refractivity contribution in [2.24, 2.45) is 0 Å². The lowest BCUT2D eigenvalue weighted by atomic mass is 10.0. The summed E-state index contributed by atoms with van der Waals surface area (Å²) in [6.07, 6.45) is 5.21.